The van der Waals surface area contributed by atoms with Gasteiger partial charge in [-0.3, -0.25) is 4.79 Å². The van der Waals surface area contributed by atoms with Gasteiger partial charge in [-0.2, -0.15) is 0 Å². The van der Waals surface area contributed by atoms with Crippen LogP contribution >= 0.6 is 0 Å². The van der Waals surface area contributed by atoms with Crippen molar-refractivity contribution in [3.8, 4) is 0 Å². The van der Waals surface area contributed by atoms with Crippen LogP contribution in [0.2, 0.25) is 0 Å². The average Bonchev–Trinajstić information content (AvgIpc) is 3.41. The van der Waals surface area contributed by atoms with Gasteiger partial charge in [0.2, 0.25) is 5.43 Å². The number of likely N-dealkylation sites (N-methyl/N-ethyl adjacent to an activating group) is 1. The molecule has 28 heavy (non-hydrogen) atoms. The highest BCUT2D eigenvalue weighted by Gasteiger charge is 2.40. The Labute approximate surface area is 163 Å². The lowest BCUT2D eigenvalue weighted by molar-refractivity contribution is 0.0695. The van der Waals surface area contributed by atoms with Crippen molar-refractivity contribution in [2.45, 2.75) is 45.7 Å². The summed E-state index contributed by atoms with van der Waals surface area (Å²) < 4.78 is 17.2. The summed E-state index contributed by atoms with van der Waals surface area (Å²) in [5.74, 6) is -1.72. The van der Waals surface area contributed by atoms with Crippen LogP contribution in [-0.4, -0.2) is 41.8 Å². The molecule has 1 saturated carbocycles. The highest BCUT2D eigenvalue weighted by molar-refractivity contribution is 5.95. The van der Waals surface area contributed by atoms with E-state index in [1.54, 1.807) is 13.0 Å². The van der Waals surface area contributed by atoms with Gasteiger partial charge in [0.25, 0.3) is 0 Å². The van der Waals surface area contributed by atoms with E-state index in [1.165, 1.54) is 6.20 Å². The van der Waals surface area contributed by atoms with Crippen molar-refractivity contribution in [1.29, 1.82) is 0 Å². The van der Waals surface area contributed by atoms with Crippen LogP contribution < -0.4 is 15.6 Å². The number of carbonyl (C=O) groups is 1. The molecular weight excluding hydrogens is 361 g/mol. The van der Waals surface area contributed by atoms with Gasteiger partial charge in [-0.05, 0) is 38.3 Å². The van der Waals surface area contributed by atoms with E-state index >= 15 is 4.39 Å². The number of pyridine rings is 1. The van der Waals surface area contributed by atoms with Crippen LogP contribution in [0.25, 0.3) is 10.9 Å². The molecule has 1 aromatic carbocycles. The molecule has 6 nitrogen and oxygen atoms in total. The summed E-state index contributed by atoms with van der Waals surface area (Å²) in [4.78, 5) is 26.4. The number of nitrogens with one attached hydrogen (secondary N) is 1. The van der Waals surface area contributed by atoms with E-state index < -0.39 is 17.2 Å². The third kappa shape index (κ3) is 2.80. The van der Waals surface area contributed by atoms with Gasteiger partial charge >= 0.3 is 5.97 Å². The lowest BCUT2D eigenvalue weighted by Gasteiger charge is -2.25. The van der Waals surface area contributed by atoms with Crippen molar-refractivity contribution in [1.82, 2.24) is 9.88 Å². The number of hydrogen-bond donors (Lipinski definition) is 2. The largest absolute Gasteiger partial charge is 0.477 e. The molecule has 2 aliphatic rings. The molecule has 0 unspecified atom stereocenters. The fourth-order valence-corrected chi connectivity index (χ4v) is 4.49. The molecule has 1 atom stereocenters. The molecule has 1 aliphatic heterocycles. The van der Waals surface area contributed by atoms with E-state index in [0.29, 0.717) is 24.3 Å². The summed E-state index contributed by atoms with van der Waals surface area (Å²) in [6.45, 7) is 7.24. The first-order chi connectivity index (χ1) is 13.2. The van der Waals surface area contributed by atoms with E-state index in [-0.39, 0.29) is 34.0 Å². The van der Waals surface area contributed by atoms with Crippen LogP contribution in [0.3, 0.4) is 0 Å². The summed E-state index contributed by atoms with van der Waals surface area (Å²) in [5.41, 5.74) is 0.392. The lowest BCUT2D eigenvalue weighted by atomic mass is 9.88. The summed E-state index contributed by atoms with van der Waals surface area (Å²) in [5, 5.41) is 12.9. The number of fused-ring (bicyclic) bond motifs is 1. The number of aromatic carboxylic acids is 1. The van der Waals surface area contributed by atoms with Crippen molar-refractivity contribution in [2.75, 3.05) is 25.0 Å². The first-order valence-corrected chi connectivity index (χ1v) is 9.69. The molecule has 0 amide bonds. The highest BCUT2D eigenvalue weighted by Crippen LogP contribution is 2.40. The van der Waals surface area contributed by atoms with E-state index in [1.807, 2.05) is 16.5 Å². The summed E-state index contributed by atoms with van der Waals surface area (Å²) in [7, 11) is 1.91. The SMILES string of the molecule is CN[C@@H]1CN(c2cc3c(c(C)c2F)c(=O)c(C(=O)O)cn3C2CC2)CC1(C)C. The number of anilines is 1. The molecular formula is C21H26FN3O3. The van der Waals surface area contributed by atoms with Crippen molar-refractivity contribution in [3.63, 3.8) is 0 Å². The fraction of sp³-hybridized carbons (Fsp3) is 0.524. The summed E-state index contributed by atoms with van der Waals surface area (Å²) in [6.07, 6.45) is 3.29. The number of rotatable bonds is 4. The van der Waals surface area contributed by atoms with Gasteiger partial charge in [0.1, 0.15) is 11.4 Å². The molecule has 1 saturated heterocycles. The quantitative estimate of drug-likeness (QED) is 0.844. The summed E-state index contributed by atoms with van der Waals surface area (Å²) >= 11 is 0. The van der Waals surface area contributed by atoms with Gasteiger partial charge in [-0.15, -0.1) is 0 Å². The first-order valence-electron chi connectivity index (χ1n) is 9.69. The van der Waals surface area contributed by atoms with Crippen LogP contribution in [0.1, 0.15) is 48.7 Å². The topological polar surface area (TPSA) is 74.6 Å². The zero-order chi connectivity index (χ0) is 20.4. The number of aromatic nitrogens is 1. The van der Waals surface area contributed by atoms with Gasteiger partial charge in [0.05, 0.1) is 16.6 Å². The minimum absolute atomic E-state index is 0.0205. The van der Waals surface area contributed by atoms with Crippen LogP contribution in [0.5, 0.6) is 0 Å². The number of nitrogens with zero attached hydrogens (tertiary/aromatic N) is 2. The second-order valence-electron chi connectivity index (χ2n) is 8.75. The third-order valence-electron chi connectivity index (χ3n) is 6.28. The number of halogens is 1. The smallest absolute Gasteiger partial charge is 0.341 e. The van der Waals surface area contributed by atoms with Gasteiger partial charge in [0.15, 0.2) is 0 Å². The second-order valence-corrected chi connectivity index (χ2v) is 8.75. The predicted molar refractivity (Wildman–Crippen MR) is 107 cm³/mol. The Hall–Kier alpha value is -2.41. The van der Waals surface area contributed by atoms with Gasteiger partial charge in [0, 0.05) is 36.9 Å². The maximum absolute atomic E-state index is 15.4. The number of benzene rings is 1. The van der Waals surface area contributed by atoms with E-state index in [0.717, 1.165) is 12.8 Å². The Morgan fingerprint density at radius 1 is 1.36 bits per heavy atom. The standard InChI is InChI=1S/C21H26FN3O3/c1-11-17-14(25(12-5-6-12)8-13(19(17)26)20(27)28)7-15(18(11)22)24-9-16(23-4)21(2,3)10-24/h7-8,12,16,23H,5-6,9-10H2,1-4H3,(H,27,28)/t16-/m1/s1. The van der Waals surface area contributed by atoms with Crippen molar-refractivity contribution in [3.05, 3.63) is 39.4 Å². The Kier molecular flexibility index (Phi) is 4.26. The molecule has 2 heterocycles. The highest BCUT2D eigenvalue weighted by atomic mass is 19.1. The minimum Gasteiger partial charge on any atom is -0.477 e. The van der Waals surface area contributed by atoms with E-state index in [9.17, 15) is 14.7 Å². The zero-order valence-electron chi connectivity index (χ0n) is 16.7. The van der Waals surface area contributed by atoms with Gasteiger partial charge < -0.3 is 19.9 Å². The maximum Gasteiger partial charge on any atom is 0.341 e. The molecule has 150 valence electrons. The fourth-order valence-electron chi connectivity index (χ4n) is 4.49. The molecule has 1 aromatic heterocycles. The normalized spacial score (nSPS) is 21.5. The Morgan fingerprint density at radius 3 is 2.57 bits per heavy atom. The van der Waals surface area contributed by atoms with E-state index in [4.69, 9.17) is 0 Å². The number of hydrogen-bond acceptors (Lipinski definition) is 4. The van der Waals surface area contributed by atoms with Gasteiger partial charge in [-0.1, -0.05) is 13.8 Å². The maximum atomic E-state index is 15.4. The van der Waals surface area contributed by atoms with Crippen molar-refractivity contribution >= 4 is 22.6 Å². The van der Waals surface area contributed by atoms with Crippen LogP contribution in [0.4, 0.5) is 10.1 Å². The predicted octanol–water partition coefficient (Wildman–Crippen LogP) is 2.92. The summed E-state index contributed by atoms with van der Waals surface area (Å²) in [6, 6.07) is 2.12. The van der Waals surface area contributed by atoms with Crippen molar-refractivity contribution < 1.29 is 14.3 Å². The molecule has 4 rings (SSSR count). The molecule has 1 aliphatic carbocycles. The molecule has 2 fully saturated rings. The molecule has 0 bridgehead atoms. The van der Waals surface area contributed by atoms with Crippen molar-refractivity contribution in [2.24, 2.45) is 5.41 Å². The number of carboxylic acid groups (broad SMARTS) is 1. The Bertz CT molecular complexity index is 1040. The molecule has 0 spiro atoms. The molecule has 2 aromatic rings. The number of carboxylic acids is 1. The van der Waals surface area contributed by atoms with Crippen LogP contribution in [-0.2, 0) is 0 Å². The van der Waals surface area contributed by atoms with E-state index in [2.05, 4.69) is 19.2 Å². The average molecular weight is 387 g/mol. The van der Waals surface area contributed by atoms with Crippen LogP contribution in [0.15, 0.2) is 17.1 Å². The lowest BCUT2D eigenvalue weighted by Crippen LogP contribution is -2.38. The minimum atomic E-state index is -1.27. The molecule has 0 radical (unpaired) electrons. The third-order valence-corrected chi connectivity index (χ3v) is 6.28. The number of aryl methyl sites for hydroxylation is 1. The first kappa shape index (κ1) is 18.9. The monoisotopic (exact) mass is 387 g/mol. The van der Waals surface area contributed by atoms with Gasteiger partial charge in [-0.25, -0.2) is 9.18 Å². The molecule has 2 N–H and O–H groups in total. The second kappa shape index (κ2) is 6.30. The molecule has 7 heteroatoms. The zero-order valence-corrected chi connectivity index (χ0v) is 16.7. The van der Waals surface area contributed by atoms with Crippen LogP contribution in [0, 0.1) is 18.2 Å². The Balaban J connectivity index is 1.95. The Morgan fingerprint density at radius 2 is 2.04 bits per heavy atom.